The summed E-state index contributed by atoms with van der Waals surface area (Å²) >= 11 is 0. The average molecular weight is 487 g/mol. The maximum atomic E-state index is 13.2. The fourth-order valence-corrected chi connectivity index (χ4v) is 2.34. The number of hydrogen-bond acceptors (Lipinski definition) is 4. The summed E-state index contributed by atoms with van der Waals surface area (Å²) in [6.07, 6.45) is 1.71. The molecule has 0 fully saturated rings. The summed E-state index contributed by atoms with van der Waals surface area (Å²) in [4.78, 5) is 4.40. The molecule has 0 bridgehead atoms. The van der Waals surface area contributed by atoms with Gasteiger partial charge < -0.3 is 15.4 Å². The second-order valence-corrected chi connectivity index (χ2v) is 7.64. The number of sulfone groups is 1. The molecule has 1 atom stereocenters. The van der Waals surface area contributed by atoms with Gasteiger partial charge in [-0.05, 0) is 25.5 Å². The number of rotatable bonds is 9. The lowest BCUT2D eigenvalue weighted by Crippen LogP contribution is -2.40. The maximum absolute atomic E-state index is 13.2. The number of nitrogens with one attached hydrogen (secondary N) is 2. The third kappa shape index (κ3) is 11.2. The van der Waals surface area contributed by atoms with Gasteiger partial charge in [-0.2, -0.15) is 0 Å². The zero-order valence-electron chi connectivity index (χ0n) is 14.8. The zero-order valence-corrected chi connectivity index (χ0v) is 17.9. The van der Waals surface area contributed by atoms with E-state index >= 15 is 0 Å². The molecule has 9 heteroatoms. The molecule has 2 N–H and O–H groups in total. The summed E-state index contributed by atoms with van der Waals surface area (Å²) in [7, 11) is -3.02. The van der Waals surface area contributed by atoms with Gasteiger partial charge in [0, 0.05) is 25.4 Å². The third-order valence-electron chi connectivity index (χ3n) is 3.12. The smallest absolute Gasteiger partial charge is 0.191 e. The zero-order chi connectivity index (χ0) is 18.0. The van der Waals surface area contributed by atoms with Crippen LogP contribution in [0.2, 0.25) is 0 Å². The normalized spacial score (nSPS) is 12.9. The van der Waals surface area contributed by atoms with Gasteiger partial charge in [-0.3, -0.25) is 0 Å². The fourth-order valence-electron chi connectivity index (χ4n) is 1.87. The molecule has 0 heterocycles. The summed E-state index contributed by atoms with van der Waals surface area (Å²) < 4.78 is 41.3. The van der Waals surface area contributed by atoms with Gasteiger partial charge in [-0.15, -0.1) is 24.0 Å². The van der Waals surface area contributed by atoms with Crippen LogP contribution in [0.5, 0.6) is 5.75 Å². The first-order valence-electron chi connectivity index (χ1n) is 7.96. The Labute approximate surface area is 166 Å². The molecule has 1 aromatic rings. The van der Waals surface area contributed by atoms with Gasteiger partial charge in [-0.25, -0.2) is 17.8 Å². The number of aliphatic imine (C=N–C) groups is 1. The van der Waals surface area contributed by atoms with Gasteiger partial charge in [0.2, 0.25) is 0 Å². The summed E-state index contributed by atoms with van der Waals surface area (Å²) in [6, 6.07) is 5.99. The number of halogens is 2. The molecule has 0 saturated heterocycles. The topological polar surface area (TPSA) is 79.8 Å². The molecule has 0 aliphatic carbocycles. The average Bonchev–Trinajstić information content (AvgIpc) is 2.50. The summed E-state index contributed by atoms with van der Waals surface area (Å²) in [5.41, 5.74) is 0. The molecule has 1 aromatic carbocycles. The molecule has 0 spiro atoms. The summed E-state index contributed by atoms with van der Waals surface area (Å²) in [6.45, 7) is 5.21. The number of ether oxygens (including phenoxy) is 1. The van der Waals surface area contributed by atoms with E-state index in [0.29, 0.717) is 31.2 Å². The Bertz CT molecular complexity index is 641. The first-order chi connectivity index (χ1) is 11.3. The van der Waals surface area contributed by atoms with Gasteiger partial charge in [0.15, 0.2) is 5.96 Å². The van der Waals surface area contributed by atoms with Crippen molar-refractivity contribution in [3.8, 4) is 5.75 Å². The quantitative estimate of drug-likeness (QED) is 0.317. The van der Waals surface area contributed by atoms with Crippen molar-refractivity contribution in [2.45, 2.75) is 26.4 Å². The van der Waals surface area contributed by atoms with Crippen LogP contribution < -0.4 is 15.4 Å². The van der Waals surface area contributed by atoms with Crippen LogP contribution in [0.4, 0.5) is 4.39 Å². The molecule has 1 rings (SSSR count). The minimum atomic E-state index is -3.02. The van der Waals surface area contributed by atoms with Gasteiger partial charge >= 0.3 is 0 Å². The lowest BCUT2D eigenvalue weighted by molar-refractivity contribution is 0.205. The number of benzene rings is 1. The highest BCUT2D eigenvalue weighted by Gasteiger charge is 2.09. The number of hydrogen-bond donors (Lipinski definition) is 2. The van der Waals surface area contributed by atoms with E-state index in [0.717, 1.165) is 0 Å². The molecular weight excluding hydrogens is 460 g/mol. The minimum Gasteiger partial charge on any atom is -0.488 e. The lowest BCUT2D eigenvalue weighted by Gasteiger charge is -2.17. The third-order valence-corrected chi connectivity index (χ3v) is 4.06. The van der Waals surface area contributed by atoms with E-state index in [-0.39, 0.29) is 48.2 Å². The van der Waals surface area contributed by atoms with Crippen molar-refractivity contribution in [1.29, 1.82) is 0 Å². The predicted octanol–water partition coefficient (Wildman–Crippen LogP) is 2.20. The monoisotopic (exact) mass is 487 g/mol. The SMILES string of the molecule is CCNC(=NCC(CC)Oc1cccc(F)c1)NCCS(C)(=O)=O.I. The molecular formula is C16H27FIN3O3S. The van der Waals surface area contributed by atoms with Crippen LogP contribution in [0, 0.1) is 5.82 Å². The van der Waals surface area contributed by atoms with Crippen molar-refractivity contribution >= 4 is 39.8 Å². The molecule has 0 aromatic heterocycles. The van der Waals surface area contributed by atoms with E-state index < -0.39 is 9.84 Å². The van der Waals surface area contributed by atoms with Crippen molar-refractivity contribution in [2.75, 3.05) is 31.6 Å². The number of guanidine groups is 1. The molecule has 6 nitrogen and oxygen atoms in total. The minimum absolute atomic E-state index is 0. The molecule has 0 amide bonds. The standard InChI is InChI=1S/C16H26FN3O3S.HI/c1-4-14(23-15-8-6-7-13(17)11-15)12-20-16(18-5-2)19-9-10-24(3,21)22;/h6-8,11,14H,4-5,9-10,12H2,1-3H3,(H2,18,19,20);1H. The van der Waals surface area contributed by atoms with Gasteiger partial charge in [0.25, 0.3) is 0 Å². The highest BCUT2D eigenvalue weighted by Crippen LogP contribution is 2.15. The Morgan fingerprint density at radius 3 is 2.60 bits per heavy atom. The van der Waals surface area contributed by atoms with Crippen molar-refractivity contribution < 1.29 is 17.5 Å². The molecule has 144 valence electrons. The van der Waals surface area contributed by atoms with Crippen LogP contribution in [0.15, 0.2) is 29.3 Å². The van der Waals surface area contributed by atoms with Crippen molar-refractivity contribution in [2.24, 2.45) is 4.99 Å². The first kappa shape index (κ1) is 23.9. The van der Waals surface area contributed by atoms with Crippen LogP contribution in [0.3, 0.4) is 0 Å². The highest BCUT2D eigenvalue weighted by molar-refractivity contribution is 14.0. The summed E-state index contributed by atoms with van der Waals surface area (Å²) in [5, 5.41) is 6.02. The van der Waals surface area contributed by atoms with E-state index in [9.17, 15) is 12.8 Å². The molecule has 0 radical (unpaired) electrons. The van der Waals surface area contributed by atoms with Crippen molar-refractivity contribution in [3.05, 3.63) is 30.1 Å². The molecule has 0 aliphatic heterocycles. The molecule has 0 saturated carbocycles. The van der Waals surface area contributed by atoms with Crippen LogP contribution in [0.1, 0.15) is 20.3 Å². The highest BCUT2D eigenvalue weighted by atomic mass is 127. The van der Waals surface area contributed by atoms with E-state index in [4.69, 9.17) is 4.74 Å². The van der Waals surface area contributed by atoms with Crippen molar-refractivity contribution in [1.82, 2.24) is 10.6 Å². The Hall–Kier alpha value is -1.10. The van der Waals surface area contributed by atoms with Crippen LogP contribution >= 0.6 is 24.0 Å². The predicted molar refractivity (Wildman–Crippen MR) is 110 cm³/mol. The largest absolute Gasteiger partial charge is 0.488 e. The van der Waals surface area contributed by atoms with E-state index in [2.05, 4.69) is 15.6 Å². The van der Waals surface area contributed by atoms with Crippen LogP contribution in [-0.4, -0.2) is 52.1 Å². The second kappa shape index (κ2) is 12.3. The lowest BCUT2D eigenvalue weighted by atomic mass is 10.2. The Morgan fingerprint density at radius 2 is 2.04 bits per heavy atom. The Morgan fingerprint density at radius 1 is 1.32 bits per heavy atom. The van der Waals surface area contributed by atoms with Gasteiger partial charge in [0.05, 0.1) is 12.3 Å². The fraction of sp³-hybridized carbons (Fsp3) is 0.562. The van der Waals surface area contributed by atoms with Crippen molar-refractivity contribution in [3.63, 3.8) is 0 Å². The molecule has 25 heavy (non-hydrogen) atoms. The number of nitrogens with zero attached hydrogens (tertiary/aromatic N) is 1. The Kier molecular flexibility index (Phi) is 11.7. The van der Waals surface area contributed by atoms with Crippen LogP contribution in [0.25, 0.3) is 0 Å². The van der Waals surface area contributed by atoms with E-state index in [1.54, 1.807) is 12.1 Å². The summed E-state index contributed by atoms with van der Waals surface area (Å²) in [5.74, 6) is 0.685. The van der Waals surface area contributed by atoms with Gasteiger partial charge in [0.1, 0.15) is 27.5 Å². The molecule has 0 aliphatic rings. The molecule has 1 unspecified atom stereocenters. The second-order valence-electron chi connectivity index (χ2n) is 5.38. The van der Waals surface area contributed by atoms with E-state index in [1.165, 1.54) is 18.4 Å². The Balaban J connectivity index is 0.00000576. The van der Waals surface area contributed by atoms with Gasteiger partial charge in [-0.1, -0.05) is 13.0 Å². The first-order valence-corrected chi connectivity index (χ1v) is 10.0. The van der Waals surface area contributed by atoms with Crippen LogP contribution in [-0.2, 0) is 9.84 Å². The van der Waals surface area contributed by atoms with E-state index in [1.807, 2.05) is 13.8 Å². The maximum Gasteiger partial charge on any atom is 0.191 e.